The molecule has 4 rings (SSSR count). The van der Waals surface area contributed by atoms with E-state index in [-0.39, 0.29) is 11.7 Å². The quantitative estimate of drug-likeness (QED) is 0.631. The molecule has 0 radical (unpaired) electrons. The fourth-order valence-electron chi connectivity index (χ4n) is 3.47. The molecule has 2 atom stereocenters. The highest BCUT2D eigenvalue weighted by molar-refractivity contribution is 6.34. The lowest BCUT2D eigenvalue weighted by Crippen LogP contribution is -2.25. The van der Waals surface area contributed by atoms with Crippen LogP contribution in [0.15, 0.2) is 42.6 Å². The number of hydrogen-bond acceptors (Lipinski definition) is 3. The lowest BCUT2D eigenvalue weighted by molar-refractivity contribution is 0.0604. The first-order valence-corrected chi connectivity index (χ1v) is 8.90. The van der Waals surface area contributed by atoms with Crippen LogP contribution in [0, 0.1) is 0 Å². The van der Waals surface area contributed by atoms with Crippen LogP contribution in [-0.2, 0) is 0 Å². The molecule has 5 nitrogen and oxygen atoms in total. The minimum Gasteiger partial charge on any atom is -0.488 e. The number of rotatable bonds is 4. The second-order valence-corrected chi connectivity index (χ2v) is 6.97. The van der Waals surface area contributed by atoms with Crippen LogP contribution in [-0.4, -0.2) is 33.4 Å². The molecule has 1 saturated carbocycles. The molecule has 0 amide bonds. The average Bonchev–Trinajstić information content (AvgIpc) is 3.21. The maximum absolute atomic E-state index is 11.4. The topological polar surface area (TPSA) is 82.5 Å². The molecule has 0 aliphatic heterocycles. The Bertz CT molecular complexity index is 964. The summed E-state index contributed by atoms with van der Waals surface area (Å²) in [4.78, 5) is 14.3. The van der Waals surface area contributed by atoms with Gasteiger partial charge >= 0.3 is 5.97 Å². The van der Waals surface area contributed by atoms with Crippen molar-refractivity contribution in [3.8, 4) is 16.9 Å². The summed E-state index contributed by atoms with van der Waals surface area (Å²) in [6, 6.07) is 11.0. The van der Waals surface area contributed by atoms with E-state index in [2.05, 4.69) is 4.98 Å². The van der Waals surface area contributed by atoms with Crippen LogP contribution >= 0.6 is 11.6 Å². The van der Waals surface area contributed by atoms with E-state index < -0.39 is 12.1 Å². The summed E-state index contributed by atoms with van der Waals surface area (Å²) in [5.41, 5.74) is 2.53. The van der Waals surface area contributed by atoms with Crippen molar-refractivity contribution < 1.29 is 19.7 Å². The average molecular weight is 372 g/mol. The minimum atomic E-state index is -0.983. The van der Waals surface area contributed by atoms with E-state index in [4.69, 9.17) is 16.3 Å². The lowest BCUT2D eigenvalue weighted by Gasteiger charge is -2.17. The van der Waals surface area contributed by atoms with Gasteiger partial charge in [-0.1, -0.05) is 23.7 Å². The summed E-state index contributed by atoms with van der Waals surface area (Å²) in [6.07, 6.45) is 3.52. The van der Waals surface area contributed by atoms with Crippen LogP contribution in [0.1, 0.15) is 29.6 Å². The normalized spacial score (nSPS) is 19.8. The molecule has 0 bridgehead atoms. The van der Waals surface area contributed by atoms with Gasteiger partial charge in [0.2, 0.25) is 0 Å². The molecule has 2 aromatic carbocycles. The van der Waals surface area contributed by atoms with E-state index in [9.17, 15) is 15.0 Å². The summed E-state index contributed by atoms with van der Waals surface area (Å²) >= 11 is 6.39. The molecule has 1 aromatic heterocycles. The molecule has 3 aromatic rings. The second-order valence-electron chi connectivity index (χ2n) is 6.56. The number of carbonyl (C=O) groups is 1. The van der Waals surface area contributed by atoms with E-state index in [1.54, 1.807) is 12.1 Å². The molecule has 3 N–H and O–H groups in total. The molecule has 6 heteroatoms. The van der Waals surface area contributed by atoms with Crippen molar-refractivity contribution in [2.24, 2.45) is 0 Å². The van der Waals surface area contributed by atoms with Gasteiger partial charge in [0.25, 0.3) is 0 Å². The predicted molar refractivity (Wildman–Crippen MR) is 100.0 cm³/mol. The van der Waals surface area contributed by atoms with Gasteiger partial charge in [-0.2, -0.15) is 0 Å². The van der Waals surface area contributed by atoms with Crippen molar-refractivity contribution in [1.82, 2.24) is 4.98 Å². The van der Waals surface area contributed by atoms with Gasteiger partial charge in [0, 0.05) is 22.7 Å². The Balaban J connectivity index is 1.65. The number of carboxylic acid groups (broad SMARTS) is 1. The zero-order chi connectivity index (χ0) is 18.3. The fraction of sp³-hybridized carbons (Fsp3) is 0.250. The summed E-state index contributed by atoms with van der Waals surface area (Å²) in [7, 11) is 0. The Morgan fingerprint density at radius 2 is 1.96 bits per heavy atom. The first-order chi connectivity index (χ1) is 12.5. The van der Waals surface area contributed by atoms with Crippen LogP contribution in [0.2, 0.25) is 5.02 Å². The lowest BCUT2D eigenvalue weighted by atomic mass is 10.0. The molecular weight excluding hydrogens is 354 g/mol. The van der Waals surface area contributed by atoms with Crippen molar-refractivity contribution in [2.45, 2.75) is 31.5 Å². The standard InChI is InChI=1S/C20H18ClNO4/c21-16-9-17-14(15(10-22-17)20(24)25)8-13(16)11-4-6-12(7-5-11)26-19-3-1-2-18(19)23/h4-10,18-19,22-23H,1-3H2,(H,24,25). The van der Waals surface area contributed by atoms with Crippen molar-refractivity contribution in [3.05, 3.63) is 53.2 Å². The number of H-pyrrole nitrogens is 1. The van der Waals surface area contributed by atoms with Gasteiger partial charge in [-0.25, -0.2) is 4.79 Å². The summed E-state index contributed by atoms with van der Waals surface area (Å²) < 4.78 is 5.85. The maximum atomic E-state index is 11.4. The Morgan fingerprint density at radius 1 is 1.19 bits per heavy atom. The maximum Gasteiger partial charge on any atom is 0.337 e. The van der Waals surface area contributed by atoms with Crippen LogP contribution < -0.4 is 4.74 Å². The Hall–Kier alpha value is -2.50. The van der Waals surface area contributed by atoms with Crippen LogP contribution in [0.25, 0.3) is 22.0 Å². The number of aliphatic hydroxyl groups is 1. The van der Waals surface area contributed by atoms with Gasteiger partial charge < -0.3 is 19.9 Å². The number of nitrogens with one attached hydrogen (secondary N) is 1. The molecule has 134 valence electrons. The SMILES string of the molecule is O=C(O)c1c[nH]c2cc(Cl)c(-c3ccc(OC4CCCC4O)cc3)cc12. The predicted octanol–water partition coefficient (Wildman–Crippen LogP) is 4.48. The highest BCUT2D eigenvalue weighted by Crippen LogP contribution is 2.34. The zero-order valence-electron chi connectivity index (χ0n) is 13.9. The van der Waals surface area contributed by atoms with Crippen molar-refractivity contribution in [1.29, 1.82) is 0 Å². The summed E-state index contributed by atoms with van der Waals surface area (Å²) in [6.45, 7) is 0. The van der Waals surface area contributed by atoms with Gasteiger partial charge in [-0.15, -0.1) is 0 Å². The highest BCUT2D eigenvalue weighted by atomic mass is 35.5. The Labute approximate surface area is 155 Å². The van der Waals surface area contributed by atoms with Crippen LogP contribution in [0.3, 0.4) is 0 Å². The number of benzene rings is 2. The number of aliphatic hydroxyl groups excluding tert-OH is 1. The molecule has 26 heavy (non-hydrogen) atoms. The fourth-order valence-corrected chi connectivity index (χ4v) is 3.75. The molecule has 1 aliphatic rings. The smallest absolute Gasteiger partial charge is 0.337 e. The summed E-state index contributed by atoms with van der Waals surface area (Å²) in [5, 5.41) is 20.3. The number of aromatic carboxylic acids is 1. The van der Waals surface area contributed by atoms with Crippen molar-refractivity contribution in [3.63, 3.8) is 0 Å². The molecule has 1 fully saturated rings. The largest absolute Gasteiger partial charge is 0.488 e. The first kappa shape index (κ1) is 16.9. The monoisotopic (exact) mass is 371 g/mol. The molecule has 0 spiro atoms. The molecule has 2 unspecified atom stereocenters. The number of fused-ring (bicyclic) bond motifs is 1. The third-order valence-electron chi connectivity index (χ3n) is 4.87. The van der Waals surface area contributed by atoms with Gasteiger partial charge in [0.1, 0.15) is 11.9 Å². The van der Waals surface area contributed by atoms with Crippen molar-refractivity contribution >= 4 is 28.5 Å². The third kappa shape index (κ3) is 3.04. The Kier molecular flexibility index (Phi) is 4.34. The number of aromatic nitrogens is 1. The highest BCUT2D eigenvalue weighted by Gasteiger charge is 2.26. The van der Waals surface area contributed by atoms with Gasteiger partial charge in [0.15, 0.2) is 0 Å². The number of carboxylic acids is 1. The molecule has 1 aliphatic carbocycles. The van der Waals surface area contributed by atoms with E-state index in [0.717, 1.165) is 30.4 Å². The number of aromatic amines is 1. The van der Waals surface area contributed by atoms with E-state index in [1.807, 2.05) is 24.3 Å². The van der Waals surface area contributed by atoms with E-state index in [1.165, 1.54) is 6.20 Å². The summed E-state index contributed by atoms with van der Waals surface area (Å²) in [5.74, 6) is -0.284. The molecule has 0 saturated heterocycles. The van der Waals surface area contributed by atoms with Crippen LogP contribution in [0.4, 0.5) is 0 Å². The number of ether oxygens (including phenoxy) is 1. The molecule has 1 heterocycles. The second kappa shape index (κ2) is 6.67. The van der Waals surface area contributed by atoms with Crippen molar-refractivity contribution in [2.75, 3.05) is 0 Å². The van der Waals surface area contributed by atoms with E-state index >= 15 is 0 Å². The molecular formula is C20H18ClNO4. The van der Waals surface area contributed by atoms with Crippen LogP contribution in [0.5, 0.6) is 5.75 Å². The van der Waals surface area contributed by atoms with E-state index in [0.29, 0.717) is 21.7 Å². The number of hydrogen-bond donors (Lipinski definition) is 3. The minimum absolute atomic E-state index is 0.154. The Morgan fingerprint density at radius 3 is 2.62 bits per heavy atom. The zero-order valence-corrected chi connectivity index (χ0v) is 14.7. The van der Waals surface area contributed by atoms with Gasteiger partial charge in [-0.05, 0) is 49.1 Å². The van der Waals surface area contributed by atoms with Gasteiger partial charge in [-0.3, -0.25) is 0 Å². The third-order valence-corrected chi connectivity index (χ3v) is 5.18. The number of halogens is 1. The van der Waals surface area contributed by atoms with Gasteiger partial charge in [0.05, 0.1) is 16.7 Å². The first-order valence-electron chi connectivity index (χ1n) is 8.52.